The summed E-state index contributed by atoms with van der Waals surface area (Å²) in [7, 11) is 2.21. The van der Waals surface area contributed by atoms with Crippen LogP contribution in [0.4, 0.5) is 0 Å². The van der Waals surface area contributed by atoms with Crippen molar-refractivity contribution in [1.82, 2.24) is 4.90 Å². The quantitative estimate of drug-likeness (QED) is 0.677. The number of rotatable bonds is 5. The zero-order valence-corrected chi connectivity index (χ0v) is 8.42. The van der Waals surface area contributed by atoms with Gasteiger partial charge in [0.05, 0.1) is 0 Å². The zero-order valence-electron chi connectivity index (χ0n) is 8.42. The van der Waals surface area contributed by atoms with Gasteiger partial charge in [-0.1, -0.05) is 13.3 Å². The molecule has 2 N–H and O–H groups in total. The van der Waals surface area contributed by atoms with E-state index in [1.165, 1.54) is 32.2 Å². The van der Waals surface area contributed by atoms with E-state index in [1.54, 1.807) is 0 Å². The van der Waals surface area contributed by atoms with Gasteiger partial charge in [0.25, 0.3) is 0 Å². The molecule has 0 aliphatic heterocycles. The highest BCUT2D eigenvalue weighted by Crippen LogP contribution is 2.27. The highest BCUT2D eigenvalue weighted by Gasteiger charge is 2.21. The van der Waals surface area contributed by atoms with E-state index < -0.39 is 0 Å². The first-order chi connectivity index (χ1) is 5.77. The predicted octanol–water partition coefficient (Wildman–Crippen LogP) is 1.46. The van der Waals surface area contributed by atoms with Crippen LogP contribution < -0.4 is 5.73 Å². The summed E-state index contributed by atoms with van der Waals surface area (Å²) >= 11 is 0. The van der Waals surface area contributed by atoms with Gasteiger partial charge in [0, 0.05) is 19.1 Å². The van der Waals surface area contributed by atoms with E-state index >= 15 is 0 Å². The molecule has 72 valence electrons. The Hall–Kier alpha value is -0.0800. The molecule has 1 aliphatic rings. The molecule has 0 aromatic heterocycles. The van der Waals surface area contributed by atoms with Crippen LogP contribution in [0.15, 0.2) is 0 Å². The van der Waals surface area contributed by atoms with Crippen LogP contribution in [0.25, 0.3) is 0 Å². The molecule has 0 aromatic rings. The van der Waals surface area contributed by atoms with E-state index in [0.29, 0.717) is 6.04 Å². The molecule has 1 fully saturated rings. The highest BCUT2D eigenvalue weighted by molar-refractivity contribution is 4.76. The van der Waals surface area contributed by atoms with Crippen molar-refractivity contribution in [2.75, 3.05) is 20.1 Å². The lowest BCUT2D eigenvalue weighted by Gasteiger charge is -2.34. The van der Waals surface area contributed by atoms with Gasteiger partial charge in [0.15, 0.2) is 0 Å². The second kappa shape index (κ2) is 4.83. The fourth-order valence-corrected chi connectivity index (χ4v) is 1.89. The molecule has 1 saturated carbocycles. The Balaban J connectivity index is 2.19. The Morgan fingerprint density at radius 1 is 1.50 bits per heavy atom. The molecule has 1 aliphatic carbocycles. The fraction of sp³-hybridized carbons (Fsp3) is 1.00. The highest BCUT2D eigenvalue weighted by atomic mass is 15.1. The summed E-state index contributed by atoms with van der Waals surface area (Å²) < 4.78 is 0. The first kappa shape index (κ1) is 10.0. The summed E-state index contributed by atoms with van der Waals surface area (Å²) in [5, 5.41) is 0. The Morgan fingerprint density at radius 3 is 2.50 bits per heavy atom. The minimum Gasteiger partial charge on any atom is -0.329 e. The molecule has 0 bridgehead atoms. The van der Waals surface area contributed by atoms with Gasteiger partial charge in [-0.3, -0.25) is 0 Å². The third-order valence-corrected chi connectivity index (χ3v) is 3.14. The van der Waals surface area contributed by atoms with Gasteiger partial charge < -0.3 is 10.6 Å². The molecule has 1 unspecified atom stereocenters. The van der Waals surface area contributed by atoms with Crippen LogP contribution in [0, 0.1) is 5.92 Å². The van der Waals surface area contributed by atoms with Gasteiger partial charge >= 0.3 is 0 Å². The third kappa shape index (κ3) is 2.46. The molecular formula is C10H22N2. The van der Waals surface area contributed by atoms with Gasteiger partial charge in [0.2, 0.25) is 0 Å². The molecule has 2 heteroatoms. The van der Waals surface area contributed by atoms with Gasteiger partial charge in [-0.05, 0) is 32.2 Å². The number of likely N-dealkylation sites (N-methyl/N-ethyl adjacent to an activating group) is 1. The molecule has 0 amide bonds. The van der Waals surface area contributed by atoms with Crippen LogP contribution in [-0.2, 0) is 0 Å². The number of nitrogens with two attached hydrogens (primary N) is 1. The number of hydrogen-bond acceptors (Lipinski definition) is 2. The van der Waals surface area contributed by atoms with Crippen LogP contribution in [-0.4, -0.2) is 31.1 Å². The fourth-order valence-electron chi connectivity index (χ4n) is 1.89. The maximum atomic E-state index is 5.68. The topological polar surface area (TPSA) is 29.3 Å². The Morgan fingerprint density at radius 2 is 2.17 bits per heavy atom. The van der Waals surface area contributed by atoms with Crippen molar-refractivity contribution in [1.29, 1.82) is 0 Å². The summed E-state index contributed by atoms with van der Waals surface area (Å²) in [5.74, 6) is 0.968. The lowest BCUT2D eigenvalue weighted by Crippen LogP contribution is -2.41. The van der Waals surface area contributed by atoms with Gasteiger partial charge in [0.1, 0.15) is 0 Å². The molecule has 1 rings (SSSR count). The summed E-state index contributed by atoms with van der Waals surface area (Å²) in [4.78, 5) is 2.43. The average Bonchev–Trinajstić information content (AvgIpc) is 1.99. The largest absolute Gasteiger partial charge is 0.329 e. The minimum atomic E-state index is 0.602. The van der Waals surface area contributed by atoms with Gasteiger partial charge in [-0.2, -0.15) is 0 Å². The molecule has 0 saturated heterocycles. The first-order valence-electron chi connectivity index (χ1n) is 5.18. The third-order valence-electron chi connectivity index (χ3n) is 3.14. The van der Waals surface area contributed by atoms with Crippen molar-refractivity contribution in [2.24, 2.45) is 11.7 Å². The summed E-state index contributed by atoms with van der Waals surface area (Å²) in [6, 6.07) is 0.602. The zero-order chi connectivity index (χ0) is 8.97. The van der Waals surface area contributed by atoms with Crippen molar-refractivity contribution in [3.63, 3.8) is 0 Å². The molecule has 12 heavy (non-hydrogen) atoms. The second-order valence-electron chi connectivity index (χ2n) is 4.03. The smallest absolute Gasteiger partial charge is 0.0212 e. The summed E-state index contributed by atoms with van der Waals surface area (Å²) in [5.41, 5.74) is 5.68. The van der Waals surface area contributed by atoms with Crippen LogP contribution in [0.5, 0.6) is 0 Å². The van der Waals surface area contributed by atoms with E-state index in [1.807, 2.05) is 0 Å². The minimum absolute atomic E-state index is 0.602. The van der Waals surface area contributed by atoms with E-state index in [9.17, 15) is 0 Å². The molecule has 2 nitrogen and oxygen atoms in total. The normalized spacial score (nSPS) is 21.0. The van der Waals surface area contributed by atoms with Crippen molar-refractivity contribution in [2.45, 2.75) is 38.6 Å². The SMILES string of the molecule is CCC(CN)N(C)CC1CCC1. The monoisotopic (exact) mass is 170 g/mol. The number of nitrogens with zero attached hydrogens (tertiary/aromatic N) is 1. The second-order valence-corrected chi connectivity index (χ2v) is 4.03. The Kier molecular flexibility index (Phi) is 4.02. The van der Waals surface area contributed by atoms with Crippen molar-refractivity contribution >= 4 is 0 Å². The summed E-state index contributed by atoms with van der Waals surface area (Å²) in [6.45, 7) is 4.28. The van der Waals surface area contributed by atoms with E-state index in [2.05, 4.69) is 18.9 Å². The molecule has 0 spiro atoms. The lowest BCUT2D eigenvalue weighted by atomic mass is 9.85. The van der Waals surface area contributed by atoms with Crippen LogP contribution in [0.3, 0.4) is 0 Å². The maximum Gasteiger partial charge on any atom is 0.0212 e. The van der Waals surface area contributed by atoms with E-state index in [4.69, 9.17) is 5.73 Å². The van der Waals surface area contributed by atoms with E-state index in [0.717, 1.165) is 12.5 Å². The van der Waals surface area contributed by atoms with Crippen LogP contribution in [0.1, 0.15) is 32.6 Å². The van der Waals surface area contributed by atoms with Gasteiger partial charge in [-0.15, -0.1) is 0 Å². The predicted molar refractivity (Wildman–Crippen MR) is 53.1 cm³/mol. The van der Waals surface area contributed by atoms with Crippen LogP contribution >= 0.6 is 0 Å². The Labute approximate surface area is 76.1 Å². The summed E-state index contributed by atoms with van der Waals surface area (Å²) in [6.07, 6.45) is 5.49. The molecule has 0 heterocycles. The molecule has 1 atom stereocenters. The van der Waals surface area contributed by atoms with Gasteiger partial charge in [-0.25, -0.2) is 0 Å². The van der Waals surface area contributed by atoms with Crippen molar-refractivity contribution in [3.05, 3.63) is 0 Å². The molecule has 0 radical (unpaired) electrons. The standard InChI is InChI=1S/C10H22N2/c1-3-10(7-11)12(2)8-9-5-4-6-9/h9-10H,3-8,11H2,1-2H3. The average molecular weight is 170 g/mol. The van der Waals surface area contributed by atoms with Crippen molar-refractivity contribution in [3.8, 4) is 0 Å². The van der Waals surface area contributed by atoms with Crippen LogP contribution in [0.2, 0.25) is 0 Å². The van der Waals surface area contributed by atoms with Crippen molar-refractivity contribution < 1.29 is 0 Å². The first-order valence-corrected chi connectivity index (χ1v) is 5.18. The lowest BCUT2D eigenvalue weighted by molar-refractivity contribution is 0.161. The molecule has 0 aromatic carbocycles. The molecular weight excluding hydrogens is 148 g/mol. The number of hydrogen-bond donors (Lipinski definition) is 1. The van der Waals surface area contributed by atoms with E-state index in [-0.39, 0.29) is 0 Å². The maximum absolute atomic E-state index is 5.68. The Bertz CT molecular complexity index is 117.